The van der Waals surface area contributed by atoms with Crippen LogP contribution < -0.4 is 5.56 Å². The summed E-state index contributed by atoms with van der Waals surface area (Å²) in [5.74, 6) is 0. The van der Waals surface area contributed by atoms with E-state index in [9.17, 15) is 4.79 Å². The first-order chi connectivity index (χ1) is 9.65. The van der Waals surface area contributed by atoms with Crippen molar-refractivity contribution in [2.24, 2.45) is 12.2 Å². The van der Waals surface area contributed by atoms with E-state index in [-0.39, 0.29) is 16.8 Å². The first-order valence-electron chi connectivity index (χ1n) is 6.17. The molecular formula is C14H12ClN3O2. The average Bonchev–Trinajstić information content (AvgIpc) is 2.93. The summed E-state index contributed by atoms with van der Waals surface area (Å²) in [6.07, 6.45) is 0.377. The monoisotopic (exact) mass is 289 g/mol. The Morgan fingerprint density at radius 1 is 1.35 bits per heavy atom. The molecule has 102 valence electrons. The minimum Gasteiger partial charge on any atom is -0.387 e. The lowest BCUT2D eigenvalue weighted by molar-refractivity contribution is 0.0857. The van der Waals surface area contributed by atoms with Crippen LogP contribution in [0, 0.1) is 0 Å². The van der Waals surface area contributed by atoms with Gasteiger partial charge in [0, 0.05) is 13.5 Å². The van der Waals surface area contributed by atoms with Crippen LogP contribution in [0.5, 0.6) is 0 Å². The van der Waals surface area contributed by atoms with Crippen LogP contribution in [0.1, 0.15) is 23.7 Å². The van der Waals surface area contributed by atoms with Crippen LogP contribution in [0.3, 0.4) is 0 Å². The number of rotatable bonds is 2. The van der Waals surface area contributed by atoms with Gasteiger partial charge in [-0.25, -0.2) is 4.68 Å². The predicted molar refractivity (Wildman–Crippen MR) is 75.9 cm³/mol. The molecule has 3 rings (SSSR count). The highest BCUT2D eigenvalue weighted by Crippen LogP contribution is 2.28. The summed E-state index contributed by atoms with van der Waals surface area (Å²) in [7, 11) is 1.56. The molecule has 0 radical (unpaired) electrons. The molecule has 0 fully saturated rings. The standard InChI is InChI=1S/C14H12ClN3O2/c1-18-14(19)10(7-13(15)16-18)11-8-12(20-17-11)9-5-3-2-4-6-9/h2-7,12H,8H2,1H3/t12-/m1/s1. The zero-order valence-electron chi connectivity index (χ0n) is 10.8. The quantitative estimate of drug-likeness (QED) is 0.852. The van der Waals surface area contributed by atoms with Gasteiger partial charge in [-0.15, -0.1) is 0 Å². The number of nitrogens with zero attached hydrogens (tertiary/aromatic N) is 3. The molecule has 0 saturated carbocycles. The summed E-state index contributed by atoms with van der Waals surface area (Å²) in [6, 6.07) is 11.3. The van der Waals surface area contributed by atoms with Gasteiger partial charge < -0.3 is 4.84 Å². The molecule has 1 aliphatic heterocycles. The van der Waals surface area contributed by atoms with Crippen molar-refractivity contribution in [2.45, 2.75) is 12.5 Å². The molecule has 1 atom stereocenters. The van der Waals surface area contributed by atoms with E-state index in [4.69, 9.17) is 16.4 Å². The van der Waals surface area contributed by atoms with E-state index in [1.807, 2.05) is 30.3 Å². The topological polar surface area (TPSA) is 56.5 Å². The van der Waals surface area contributed by atoms with Crippen molar-refractivity contribution >= 4 is 17.3 Å². The Kier molecular flexibility index (Phi) is 3.28. The third-order valence-electron chi connectivity index (χ3n) is 3.18. The van der Waals surface area contributed by atoms with Gasteiger partial charge in [-0.05, 0) is 11.6 Å². The normalized spacial score (nSPS) is 17.7. The number of oxime groups is 1. The number of aromatic nitrogens is 2. The second-order valence-electron chi connectivity index (χ2n) is 4.56. The Bertz CT molecular complexity index is 725. The van der Waals surface area contributed by atoms with E-state index in [0.29, 0.717) is 17.7 Å². The van der Waals surface area contributed by atoms with Crippen molar-refractivity contribution in [3.63, 3.8) is 0 Å². The summed E-state index contributed by atoms with van der Waals surface area (Å²) in [5, 5.41) is 8.14. The molecule has 2 heterocycles. The summed E-state index contributed by atoms with van der Waals surface area (Å²) in [6.45, 7) is 0. The first kappa shape index (κ1) is 12.9. The maximum Gasteiger partial charge on any atom is 0.275 e. The second-order valence-corrected chi connectivity index (χ2v) is 4.94. The SMILES string of the molecule is Cn1nc(Cl)cc(C2=NO[C@@H](c3ccccc3)C2)c1=O. The maximum absolute atomic E-state index is 12.1. The fourth-order valence-electron chi connectivity index (χ4n) is 2.16. The predicted octanol–water partition coefficient (Wildman–Crippen LogP) is 2.30. The van der Waals surface area contributed by atoms with Crippen LogP contribution in [-0.4, -0.2) is 15.5 Å². The van der Waals surface area contributed by atoms with Crippen LogP contribution in [0.4, 0.5) is 0 Å². The molecule has 0 aliphatic carbocycles. The highest BCUT2D eigenvalue weighted by Gasteiger charge is 2.26. The highest BCUT2D eigenvalue weighted by atomic mass is 35.5. The lowest BCUT2D eigenvalue weighted by Gasteiger charge is -2.07. The maximum atomic E-state index is 12.1. The second kappa shape index (κ2) is 5.09. The molecule has 6 heteroatoms. The van der Waals surface area contributed by atoms with Crippen LogP contribution in [0.25, 0.3) is 0 Å². The van der Waals surface area contributed by atoms with Crippen LogP contribution in [0.2, 0.25) is 5.15 Å². The van der Waals surface area contributed by atoms with Crippen molar-refractivity contribution in [1.82, 2.24) is 9.78 Å². The summed E-state index contributed by atoms with van der Waals surface area (Å²) in [5.41, 5.74) is 1.84. The Balaban J connectivity index is 1.90. The van der Waals surface area contributed by atoms with Crippen LogP contribution in [0.15, 0.2) is 46.3 Å². The van der Waals surface area contributed by atoms with Crippen LogP contribution >= 0.6 is 11.6 Å². The van der Waals surface area contributed by atoms with Gasteiger partial charge in [0.05, 0.1) is 11.3 Å². The molecule has 0 N–H and O–H groups in total. The molecule has 1 aromatic heterocycles. The summed E-state index contributed by atoms with van der Waals surface area (Å²) >= 11 is 5.89. The third kappa shape index (κ3) is 2.32. The molecule has 5 nitrogen and oxygen atoms in total. The van der Waals surface area contributed by atoms with Crippen molar-refractivity contribution in [3.8, 4) is 0 Å². The number of aryl methyl sites for hydroxylation is 1. The van der Waals surface area contributed by atoms with Gasteiger partial charge in [0.1, 0.15) is 0 Å². The van der Waals surface area contributed by atoms with Gasteiger partial charge in [-0.2, -0.15) is 5.10 Å². The van der Waals surface area contributed by atoms with E-state index >= 15 is 0 Å². The molecule has 0 amide bonds. The lowest BCUT2D eigenvalue weighted by atomic mass is 10.0. The molecule has 0 bridgehead atoms. The van der Waals surface area contributed by atoms with E-state index in [2.05, 4.69) is 10.3 Å². The number of halogens is 1. The fraction of sp³-hybridized carbons (Fsp3) is 0.214. The zero-order chi connectivity index (χ0) is 14.1. The Labute approximate surface area is 120 Å². The number of hydrogen-bond donors (Lipinski definition) is 0. The van der Waals surface area contributed by atoms with Crippen molar-refractivity contribution in [2.75, 3.05) is 0 Å². The van der Waals surface area contributed by atoms with Gasteiger partial charge in [-0.3, -0.25) is 4.79 Å². The van der Waals surface area contributed by atoms with E-state index in [0.717, 1.165) is 5.56 Å². The molecule has 0 saturated heterocycles. The lowest BCUT2D eigenvalue weighted by Crippen LogP contribution is -2.26. The number of hydrogen-bond acceptors (Lipinski definition) is 4. The minimum atomic E-state index is -0.231. The molecule has 0 unspecified atom stereocenters. The van der Waals surface area contributed by atoms with E-state index in [1.54, 1.807) is 7.05 Å². The Hall–Kier alpha value is -2.14. The van der Waals surface area contributed by atoms with Gasteiger partial charge >= 0.3 is 0 Å². The average molecular weight is 290 g/mol. The third-order valence-corrected chi connectivity index (χ3v) is 3.37. The van der Waals surface area contributed by atoms with Crippen molar-refractivity contribution in [3.05, 3.63) is 63.0 Å². The van der Waals surface area contributed by atoms with Crippen molar-refractivity contribution < 1.29 is 4.84 Å². The zero-order valence-corrected chi connectivity index (χ0v) is 11.5. The first-order valence-corrected chi connectivity index (χ1v) is 6.55. The molecule has 1 aromatic carbocycles. The van der Waals surface area contributed by atoms with E-state index in [1.165, 1.54) is 10.7 Å². The molecular weight excluding hydrogens is 278 g/mol. The van der Waals surface area contributed by atoms with Gasteiger partial charge in [-0.1, -0.05) is 47.1 Å². The fourth-order valence-corrected chi connectivity index (χ4v) is 2.38. The van der Waals surface area contributed by atoms with Gasteiger partial charge in [0.15, 0.2) is 11.3 Å². The van der Waals surface area contributed by atoms with Crippen LogP contribution in [-0.2, 0) is 11.9 Å². The smallest absolute Gasteiger partial charge is 0.275 e. The largest absolute Gasteiger partial charge is 0.387 e. The number of benzene rings is 1. The molecule has 2 aromatic rings. The summed E-state index contributed by atoms with van der Waals surface area (Å²) < 4.78 is 1.20. The van der Waals surface area contributed by atoms with Crippen molar-refractivity contribution in [1.29, 1.82) is 0 Å². The Morgan fingerprint density at radius 3 is 2.85 bits per heavy atom. The molecule has 20 heavy (non-hydrogen) atoms. The highest BCUT2D eigenvalue weighted by molar-refractivity contribution is 6.29. The summed E-state index contributed by atoms with van der Waals surface area (Å²) in [4.78, 5) is 17.5. The van der Waals surface area contributed by atoms with Gasteiger partial charge in [0.2, 0.25) is 0 Å². The van der Waals surface area contributed by atoms with Gasteiger partial charge in [0.25, 0.3) is 5.56 Å². The molecule has 1 aliphatic rings. The minimum absolute atomic E-state index is 0.164. The van der Waals surface area contributed by atoms with E-state index < -0.39 is 0 Å². The Morgan fingerprint density at radius 2 is 2.10 bits per heavy atom. The molecule has 0 spiro atoms.